The minimum atomic E-state index is -4.07. The van der Waals surface area contributed by atoms with Gasteiger partial charge in [-0.3, -0.25) is 0 Å². The first-order chi connectivity index (χ1) is 8.45. The van der Waals surface area contributed by atoms with Gasteiger partial charge in [-0.05, 0) is 0 Å². The highest BCUT2D eigenvalue weighted by atomic mass is 32.2. The summed E-state index contributed by atoms with van der Waals surface area (Å²) in [7, 11) is -4.07. The minimum Gasteiger partial charge on any atom is -0.476 e. The lowest BCUT2D eigenvalue weighted by molar-refractivity contribution is 0.0687. The minimum absolute atomic E-state index is 0.222. The Bertz CT molecular complexity index is 505. The maximum absolute atomic E-state index is 12.1. The van der Waals surface area contributed by atoms with Crippen LogP contribution in [-0.4, -0.2) is 65.3 Å². The molecule has 10 heteroatoms. The average molecular weight is 296 g/mol. The van der Waals surface area contributed by atoms with Crippen LogP contribution in [0.25, 0.3) is 0 Å². The Hall–Kier alpha value is -1.07. The maximum Gasteiger partial charge on any atom is 0.356 e. The smallest absolute Gasteiger partial charge is 0.356 e. The molecule has 18 heavy (non-hydrogen) atoms. The number of nitrogens with zero attached hydrogens (tertiary/aromatic N) is 2. The van der Waals surface area contributed by atoms with E-state index in [0.717, 1.165) is 9.82 Å². The fourth-order valence-corrected chi connectivity index (χ4v) is 3.95. The van der Waals surface area contributed by atoms with E-state index < -0.39 is 39.1 Å². The highest BCUT2D eigenvalue weighted by Crippen LogP contribution is 2.23. The summed E-state index contributed by atoms with van der Waals surface area (Å²) in [4.78, 5) is 14.3. The molecule has 0 aliphatic rings. The number of aliphatic hydroxyl groups excluding tert-OH is 2. The van der Waals surface area contributed by atoms with Crippen LogP contribution in [0.15, 0.2) is 9.72 Å². The number of carbonyl (C=O) groups is 1. The molecule has 1 aromatic heterocycles. The Morgan fingerprint density at radius 1 is 1.33 bits per heavy atom. The summed E-state index contributed by atoms with van der Waals surface area (Å²) in [6.07, 6.45) is 0. The number of thiazole rings is 1. The Balaban J connectivity index is 3.18. The van der Waals surface area contributed by atoms with E-state index >= 15 is 0 Å². The van der Waals surface area contributed by atoms with E-state index in [1.165, 1.54) is 0 Å². The molecule has 0 bridgehead atoms. The van der Waals surface area contributed by atoms with Gasteiger partial charge in [-0.2, -0.15) is 4.31 Å². The molecule has 0 aliphatic heterocycles. The summed E-state index contributed by atoms with van der Waals surface area (Å²) < 4.78 is 24.6. The second-order valence-electron chi connectivity index (χ2n) is 3.14. The van der Waals surface area contributed by atoms with Crippen molar-refractivity contribution >= 4 is 27.3 Å². The normalized spacial score (nSPS) is 11.9. The third kappa shape index (κ3) is 3.03. The molecule has 102 valence electrons. The average Bonchev–Trinajstić information content (AvgIpc) is 2.78. The number of aromatic nitrogens is 1. The van der Waals surface area contributed by atoms with Gasteiger partial charge in [0.2, 0.25) is 0 Å². The molecular weight excluding hydrogens is 284 g/mol. The summed E-state index contributed by atoms with van der Waals surface area (Å²) in [5.41, 5.74) is 0.563. The molecule has 8 nitrogen and oxygen atoms in total. The van der Waals surface area contributed by atoms with Crippen molar-refractivity contribution in [3.8, 4) is 0 Å². The van der Waals surface area contributed by atoms with Crippen molar-refractivity contribution in [1.82, 2.24) is 9.29 Å². The predicted octanol–water partition coefficient (Wildman–Crippen LogP) is -1.18. The number of rotatable bonds is 7. The number of carboxylic acid groups (broad SMARTS) is 1. The molecule has 1 heterocycles. The highest BCUT2D eigenvalue weighted by Gasteiger charge is 2.31. The van der Waals surface area contributed by atoms with Crippen LogP contribution in [0, 0.1) is 0 Å². The topological polar surface area (TPSA) is 128 Å². The second kappa shape index (κ2) is 6.20. The van der Waals surface area contributed by atoms with Crippen molar-refractivity contribution in [2.24, 2.45) is 0 Å². The zero-order valence-electron chi connectivity index (χ0n) is 9.18. The molecule has 0 unspecified atom stereocenters. The van der Waals surface area contributed by atoms with Crippen molar-refractivity contribution < 1.29 is 28.5 Å². The van der Waals surface area contributed by atoms with Gasteiger partial charge in [0.05, 0.1) is 18.7 Å². The summed E-state index contributed by atoms with van der Waals surface area (Å²) in [6.45, 7) is -1.30. The molecule has 0 aromatic carbocycles. The largest absolute Gasteiger partial charge is 0.476 e. The fourth-order valence-electron chi connectivity index (χ4n) is 1.25. The summed E-state index contributed by atoms with van der Waals surface area (Å²) in [5, 5.41) is 26.4. The van der Waals surface area contributed by atoms with Gasteiger partial charge in [-0.25, -0.2) is 18.2 Å². The van der Waals surface area contributed by atoms with Gasteiger partial charge < -0.3 is 15.3 Å². The van der Waals surface area contributed by atoms with Crippen LogP contribution in [0.2, 0.25) is 0 Å². The Labute approximate surface area is 107 Å². The lowest BCUT2D eigenvalue weighted by atomic mass is 10.5. The van der Waals surface area contributed by atoms with Gasteiger partial charge in [-0.1, -0.05) is 0 Å². The van der Waals surface area contributed by atoms with Gasteiger partial charge in [-0.15, -0.1) is 11.3 Å². The van der Waals surface area contributed by atoms with Gasteiger partial charge in [0.15, 0.2) is 9.90 Å². The molecular formula is C8H12N2O6S2. The number of carboxylic acids is 1. The molecule has 0 amide bonds. The fraction of sp³-hybridized carbons (Fsp3) is 0.500. The molecule has 0 saturated heterocycles. The van der Waals surface area contributed by atoms with Gasteiger partial charge in [0, 0.05) is 13.1 Å². The van der Waals surface area contributed by atoms with Gasteiger partial charge >= 0.3 is 5.97 Å². The van der Waals surface area contributed by atoms with Crippen LogP contribution in [0.1, 0.15) is 10.5 Å². The van der Waals surface area contributed by atoms with E-state index in [2.05, 4.69) is 4.98 Å². The molecule has 0 fully saturated rings. The van der Waals surface area contributed by atoms with Crippen molar-refractivity contribution in [1.29, 1.82) is 0 Å². The number of aromatic carboxylic acids is 1. The van der Waals surface area contributed by atoms with Gasteiger partial charge in [0.1, 0.15) is 0 Å². The number of hydrogen-bond acceptors (Lipinski definition) is 7. The van der Waals surface area contributed by atoms with E-state index in [4.69, 9.17) is 15.3 Å². The first-order valence-corrected chi connectivity index (χ1v) is 7.15. The number of sulfonamides is 1. The lowest BCUT2D eigenvalue weighted by Gasteiger charge is -2.19. The molecule has 3 N–H and O–H groups in total. The maximum atomic E-state index is 12.1. The summed E-state index contributed by atoms with van der Waals surface area (Å²) in [6, 6.07) is 0. The number of hydrogen-bond donors (Lipinski definition) is 3. The third-order valence-electron chi connectivity index (χ3n) is 2.01. The second-order valence-corrected chi connectivity index (χ2v) is 6.13. The summed E-state index contributed by atoms with van der Waals surface area (Å²) in [5.74, 6) is -1.44. The molecule has 0 atom stereocenters. The lowest BCUT2D eigenvalue weighted by Crippen LogP contribution is -2.36. The first kappa shape index (κ1) is 15.0. The number of aliphatic hydroxyl groups is 2. The Kier molecular flexibility index (Phi) is 5.16. The molecule has 1 rings (SSSR count). The van der Waals surface area contributed by atoms with E-state index in [0.29, 0.717) is 11.3 Å². The van der Waals surface area contributed by atoms with Crippen LogP contribution >= 0.6 is 11.3 Å². The molecule has 0 spiro atoms. The Morgan fingerprint density at radius 3 is 2.33 bits per heavy atom. The van der Waals surface area contributed by atoms with Crippen LogP contribution in [0.3, 0.4) is 0 Å². The van der Waals surface area contributed by atoms with E-state index in [1.807, 2.05) is 0 Å². The monoisotopic (exact) mass is 296 g/mol. The van der Waals surface area contributed by atoms with E-state index in [-0.39, 0.29) is 13.1 Å². The van der Waals surface area contributed by atoms with Crippen molar-refractivity contribution in [3.63, 3.8) is 0 Å². The van der Waals surface area contributed by atoms with Gasteiger partial charge in [0.25, 0.3) is 10.0 Å². The van der Waals surface area contributed by atoms with Crippen LogP contribution < -0.4 is 0 Å². The predicted molar refractivity (Wildman–Crippen MR) is 62.0 cm³/mol. The molecule has 0 saturated carbocycles. The zero-order chi connectivity index (χ0) is 13.8. The van der Waals surface area contributed by atoms with Crippen LogP contribution in [0.5, 0.6) is 0 Å². The molecule has 1 aromatic rings. The van der Waals surface area contributed by atoms with Crippen LogP contribution in [0.4, 0.5) is 0 Å². The molecule has 0 radical (unpaired) electrons. The summed E-state index contributed by atoms with van der Waals surface area (Å²) >= 11 is 0.680. The first-order valence-electron chi connectivity index (χ1n) is 4.83. The quantitative estimate of drug-likeness (QED) is 0.577. The van der Waals surface area contributed by atoms with Crippen molar-refractivity contribution in [2.45, 2.75) is 4.21 Å². The third-order valence-corrected chi connectivity index (χ3v) is 5.26. The SMILES string of the molecule is O=C(O)c1ncsc1S(=O)(=O)N(CCO)CCO. The Morgan fingerprint density at radius 2 is 1.89 bits per heavy atom. The van der Waals surface area contributed by atoms with E-state index in [9.17, 15) is 13.2 Å². The molecule has 0 aliphatic carbocycles. The van der Waals surface area contributed by atoms with E-state index in [1.54, 1.807) is 0 Å². The zero-order valence-corrected chi connectivity index (χ0v) is 10.8. The van der Waals surface area contributed by atoms with Crippen molar-refractivity contribution in [3.05, 3.63) is 11.2 Å². The highest BCUT2D eigenvalue weighted by molar-refractivity contribution is 7.91. The van der Waals surface area contributed by atoms with Crippen molar-refractivity contribution in [2.75, 3.05) is 26.3 Å². The van der Waals surface area contributed by atoms with Crippen LogP contribution in [-0.2, 0) is 10.0 Å². The standard InChI is InChI=1S/C8H12N2O6S2/c11-3-1-10(2-4-12)18(15,16)8-6(7(13)14)9-5-17-8/h5,11-12H,1-4H2,(H,13,14).